The Morgan fingerprint density at radius 2 is 1.85 bits per heavy atom. The molecule has 2 aromatic carbocycles. The van der Waals surface area contributed by atoms with E-state index in [1.807, 2.05) is 31.2 Å². The summed E-state index contributed by atoms with van der Waals surface area (Å²) in [7, 11) is -0.796. The topological polar surface area (TPSA) is 79.4 Å². The van der Waals surface area contributed by atoms with Gasteiger partial charge in [-0.2, -0.15) is 0 Å². The van der Waals surface area contributed by atoms with Gasteiger partial charge in [-0.1, -0.05) is 18.2 Å². The van der Waals surface area contributed by atoms with Crippen LogP contribution in [-0.4, -0.2) is 37.7 Å². The highest BCUT2D eigenvalue weighted by Gasteiger charge is 2.22. The quantitative estimate of drug-likeness (QED) is 0.659. The first kappa shape index (κ1) is 19.5. The van der Waals surface area contributed by atoms with Crippen molar-refractivity contribution in [3.05, 3.63) is 64.3 Å². The number of nitrogens with one attached hydrogen (secondary N) is 1. The summed E-state index contributed by atoms with van der Waals surface area (Å²) in [6.07, 6.45) is 0. The van der Waals surface area contributed by atoms with Crippen molar-refractivity contribution in [3.63, 3.8) is 0 Å². The number of para-hydroxylation sites is 1. The van der Waals surface area contributed by atoms with E-state index >= 15 is 0 Å². The number of nitrogens with zero attached hydrogens (tertiary/aromatic N) is 2. The highest BCUT2D eigenvalue weighted by atomic mass is 79.9. The lowest BCUT2D eigenvalue weighted by Crippen LogP contribution is -2.23. The van der Waals surface area contributed by atoms with Crippen molar-refractivity contribution in [1.82, 2.24) is 9.29 Å². The minimum absolute atomic E-state index is 0.0343. The third-order valence-corrected chi connectivity index (χ3v) is 6.87. The van der Waals surface area contributed by atoms with Gasteiger partial charge in [0, 0.05) is 35.2 Å². The Morgan fingerprint density at radius 1 is 1.11 bits per heavy atom. The molecule has 1 N–H and O–H groups in total. The Kier molecular flexibility index (Phi) is 5.32. The molecule has 0 fully saturated rings. The fraction of sp³-hybridized carbons (Fsp3) is 0.158. The maximum atomic E-state index is 12.7. The zero-order valence-electron chi connectivity index (χ0n) is 15.0. The number of aryl methyl sites for hydroxylation is 1. The largest absolute Gasteiger partial charge is 0.320 e. The van der Waals surface area contributed by atoms with Crippen molar-refractivity contribution in [1.29, 1.82) is 0 Å². The molecule has 1 aromatic heterocycles. The smallest absolute Gasteiger partial charge is 0.255 e. The molecule has 0 aliphatic heterocycles. The van der Waals surface area contributed by atoms with E-state index in [0.717, 1.165) is 15.4 Å². The van der Waals surface area contributed by atoms with E-state index in [4.69, 9.17) is 0 Å². The standard InChI is InChI=1S/C19H18BrN3O3S/c1-12-7-8-13-5-4-6-16(18(13)21-12)22-19(24)14-9-10-15(20)17(11-14)27(25,26)23(2)3/h4-11H,1-3H3,(H,22,24). The molecule has 0 saturated heterocycles. The van der Waals surface area contributed by atoms with Crippen LogP contribution in [-0.2, 0) is 10.0 Å². The van der Waals surface area contributed by atoms with E-state index in [1.165, 1.54) is 20.2 Å². The molecular formula is C19H18BrN3O3S. The van der Waals surface area contributed by atoms with Crippen molar-refractivity contribution in [2.45, 2.75) is 11.8 Å². The van der Waals surface area contributed by atoms with Crippen LogP contribution in [0, 0.1) is 6.92 Å². The zero-order valence-corrected chi connectivity index (χ0v) is 17.4. The van der Waals surface area contributed by atoms with Crippen molar-refractivity contribution in [2.24, 2.45) is 0 Å². The van der Waals surface area contributed by atoms with Crippen LogP contribution < -0.4 is 5.32 Å². The molecule has 0 bridgehead atoms. The van der Waals surface area contributed by atoms with Crippen LogP contribution in [0.15, 0.2) is 57.9 Å². The fourth-order valence-electron chi connectivity index (χ4n) is 2.58. The van der Waals surface area contributed by atoms with Crippen molar-refractivity contribution in [3.8, 4) is 0 Å². The van der Waals surface area contributed by atoms with Gasteiger partial charge in [0.2, 0.25) is 10.0 Å². The molecule has 0 spiro atoms. The first-order valence-electron chi connectivity index (χ1n) is 8.10. The molecule has 3 aromatic rings. The average molecular weight is 448 g/mol. The first-order chi connectivity index (χ1) is 12.7. The number of carbonyl (C=O) groups excluding carboxylic acids is 1. The summed E-state index contributed by atoms with van der Waals surface area (Å²) in [6.45, 7) is 1.88. The molecule has 6 nitrogen and oxygen atoms in total. The second-order valence-electron chi connectivity index (χ2n) is 6.22. The van der Waals surface area contributed by atoms with Gasteiger partial charge in [0.15, 0.2) is 0 Å². The van der Waals surface area contributed by atoms with Gasteiger partial charge >= 0.3 is 0 Å². The van der Waals surface area contributed by atoms with Crippen LogP contribution in [0.2, 0.25) is 0 Å². The molecule has 0 unspecified atom stereocenters. The number of amides is 1. The van der Waals surface area contributed by atoms with E-state index in [1.54, 1.807) is 18.2 Å². The number of pyridine rings is 1. The van der Waals surface area contributed by atoms with Gasteiger partial charge in [0.1, 0.15) is 0 Å². The van der Waals surface area contributed by atoms with Gasteiger partial charge in [-0.05, 0) is 53.2 Å². The molecule has 0 aliphatic carbocycles. The Morgan fingerprint density at radius 3 is 2.56 bits per heavy atom. The molecule has 140 valence electrons. The number of halogens is 1. The third kappa shape index (κ3) is 3.87. The van der Waals surface area contributed by atoms with Crippen LogP contribution >= 0.6 is 15.9 Å². The molecule has 0 radical (unpaired) electrons. The van der Waals surface area contributed by atoms with E-state index in [9.17, 15) is 13.2 Å². The average Bonchev–Trinajstić information content (AvgIpc) is 2.62. The lowest BCUT2D eigenvalue weighted by Gasteiger charge is -2.14. The summed E-state index contributed by atoms with van der Waals surface area (Å²) in [5.74, 6) is -0.409. The maximum absolute atomic E-state index is 12.7. The molecule has 0 aliphatic rings. The summed E-state index contributed by atoms with van der Waals surface area (Å²) in [4.78, 5) is 17.3. The Bertz CT molecular complexity index is 1140. The second kappa shape index (κ2) is 7.38. The van der Waals surface area contributed by atoms with Crippen LogP contribution in [0.5, 0.6) is 0 Å². The monoisotopic (exact) mass is 447 g/mol. The minimum atomic E-state index is -3.68. The number of carbonyl (C=O) groups is 1. The van der Waals surface area contributed by atoms with E-state index in [2.05, 4.69) is 26.2 Å². The minimum Gasteiger partial charge on any atom is -0.320 e. The van der Waals surface area contributed by atoms with Crippen molar-refractivity contribution >= 4 is 48.5 Å². The predicted octanol–water partition coefficient (Wildman–Crippen LogP) is 3.81. The maximum Gasteiger partial charge on any atom is 0.255 e. The molecule has 3 rings (SSSR count). The first-order valence-corrected chi connectivity index (χ1v) is 10.3. The number of hydrogen-bond acceptors (Lipinski definition) is 4. The third-order valence-electron chi connectivity index (χ3n) is 4.06. The molecule has 8 heteroatoms. The summed E-state index contributed by atoms with van der Waals surface area (Å²) >= 11 is 3.24. The Hall–Kier alpha value is -2.29. The van der Waals surface area contributed by atoms with Gasteiger partial charge in [0.05, 0.1) is 16.1 Å². The summed E-state index contributed by atoms with van der Waals surface area (Å²) in [5.41, 5.74) is 2.33. The number of rotatable bonds is 4. The Labute approximate surface area is 166 Å². The highest BCUT2D eigenvalue weighted by molar-refractivity contribution is 9.10. The van der Waals surface area contributed by atoms with E-state index < -0.39 is 15.9 Å². The summed E-state index contributed by atoms with van der Waals surface area (Å²) < 4.78 is 26.4. The van der Waals surface area contributed by atoms with Crippen molar-refractivity contribution in [2.75, 3.05) is 19.4 Å². The lowest BCUT2D eigenvalue weighted by molar-refractivity contribution is 0.102. The molecule has 1 heterocycles. The fourth-order valence-corrected chi connectivity index (χ4v) is 4.42. The lowest BCUT2D eigenvalue weighted by atomic mass is 10.1. The summed E-state index contributed by atoms with van der Waals surface area (Å²) in [5, 5.41) is 3.74. The normalized spacial score (nSPS) is 11.7. The zero-order chi connectivity index (χ0) is 19.8. The second-order valence-corrected chi connectivity index (χ2v) is 9.19. The van der Waals surface area contributed by atoms with Gasteiger partial charge in [-0.25, -0.2) is 12.7 Å². The Balaban J connectivity index is 2.00. The number of hydrogen-bond donors (Lipinski definition) is 1. The van der Waals surface area contributed by atoms with Gasteiger partial charge < -0.3 is 5.32 Å². The number of sulfonamides is 1. The van der Waals surface area contributed by atoms with Crippen LogP contribution in [0.25, 0.3) is 10.9 Å². The van der Waals surface area contributed by atoms with Crippen LogP contribution in [0.1, 0.15) is 16.1 Å². The molecular weight excluding hydrogens is 430 g/mol. The molecule has 0 atom stereocenters. The number of benzene rings is 2. The summed E-state index contributed by atoms with van der Waals surface area (Å²) in [6, 6.07) is 13.8. The highest BCUT2D eigenvalue weighted by Crippen LogP contribution is 2.27. The van der Waals surface area contributed by atoms with Gasteiger partial charge in [0.25, 0.3) is 5.91 Å². The number of anilines is 1. The van der Waals surface area contributed by atoms with E-state index in [0.29, 0.717) is 15.7 Å². The van der Waals surface area contributed by atoms with Crippen LogP contribution in [0.4, 0.5) is 5.69 Å². The molecule has 1 amide bonds. The number of aromatic nitrogens is 1. The van der Waals surface area contributed by atoms with Gasteiger partial charge in [-0.3, -0.25) is 9.78 Å². The molecule has 0 saturated carbocycles. The predicted molar refractivity (Wildman–Crippen MR) is 109 cm³/mol. The number of fused-ring (bicyclic) bond motifs is 1. The van der Waals surface area contributed by atoms with Crippen LogP contribution in [0.3, 0.4) is 0 Å². The van der Waals surface area contributed by atoms with E-state index in [-0.39, 0.29) is 10.5 Å². The molecule has 27 heavy (non-hydrogen) atoms. The SMILES string of the molecule is Cc1ccc2cccc(NC(=O)c3ccc(Br)c(S(=O)(=O)N(C)C)c3)c2n1. The van der Waals surface area contributed by atoms with Gasteiger partial charge in [-0.15, -0.1) is 0 Å². The van der Waals surface area contributed by atoms with Crippen molar-refractivity contribution < 1.29 is 13.2 Å².